The molecule has 2 aromatic carbocycles. The third-order valence-electron chi connectivity index (χ3n) is 2.68. The summed E-state index contributed by atoms with van der Waals surface area (Å²) >= 11 is 0. The van der Waals surface area contributed by atoms with Gasteiger partial charge in [-0.25, -0.2) is 0 Å². The van der Waals surface area contributed by atoms with Crippen molar-refractivity contribution in [3.05, 3.63) is 36.4 Å². The van der Waals surface area contributed by atoms with E-state index in [-0.39, 0.29) is 23.0 Å². The monoisotopic (exact) mass is 246 g/mol. The molecule has 0 spiro atoms. The standard InChI is InChI=1S/C14H14O4/c1-17-13-11(15)8-10(12(16)14(13)18-2)9-6-4-3-5-7-9/h3-8,15-16H,1-2H3. The lowest BCUT2D eigenvalue weighted by Crippen LogP contribution is -1.93. The first-order valence-electron chi connectivity index (χ1n) is 5.41. The van der Waals surface area contributed by atoms with Crippen molar-refractivity contribution in [2.24, 2.45) is 0 Å². The van der Waals surface area contributed by atoms with E-state index in [0.717, 1.165) is 5.56 Å². The molecule has 2 rings (SSSR count). The SMILES string of the molecule is COc1c(O)cc(-c2ccccc2)c(O)c1OC. The molecule has 0 aliphatic heterocycles. The van der Waals surface area contributed by atoms with Gasteiger partial charge in [0, 0.05) is 5.56 Å². The highest BCUT2D eigenvalue weighted by Gasteiger charge is 2.19. The molecule has 0 bridgehead atoms. The van der Waals surface area contributed by atoms with Crippen LogP contribution in [0.1, 0.15) is 0 Å². The molecule has 0 amide bonds. The van der Waals surface area contributed by atoms with E-state index < -0.39 is 0 Å². The second kappa shape index (κ2) is 4.87. The third-order valence-corrected chi connectivity index (χ3v) is 2.68. The Balaban J connectivity index is 2.67. The van der Waals surface area contributed by atoms with Gasteiger partial charge in [-0.3, -0.25) is 0 Å². The van der Waals surface area contributed by atoms with E-state index in [1.54, 1.807) is 0 Å². The summed E-state index contributed by atoms with van der Waals surface area (Å²) in [5.74, 6) is 0.107. The Morgan fingerprint density at radius 1 is 0.889 bits per heavy atom. The molecular weight excluding hydrogens is 232 g/mol. The van der Waals surface area contributed by atoms with Crippen molar-refractivity contribution in [3.8, 4) is 34.1 Å². The number of hydrogen-bond acceptors (Lipinski definition) is 4. The molecule has 0 aromatic heterocycles. The van der Waals surface area contributed by atoms with Crippen molar-refractivity contribution in [1.29, 1.82) is 0 Å². The number of phenols is 2. The number of aromatic hydroxyl groups is 2. The Labute approximate surface area is 105 Å². The van der Waals surface area contributed by atoms with Crippen molar-refractivity contribution in [3.63, 3.8) is 0 Å². The average Bonchev–Trinajstić information content (AvgIpc) is 2.41. The van der Waals surface area contributed by atoms with Gasteiger partial charge in [-0.15, -0.1) is 0 Å². The first-order chi connectivity index (χ1) is 8.69. The van der Waals surface area contributed by atoms with Crippen LogP contribution in [0, 0.1) is 0 Å². The van der Waals surface area contributed by atoms with Gasteiger partial charge >= 0.3 is 0 Å². The van der Waals surface area contributed by atoms with Gasteiger partial charge in [-0.05, 0) is 11.6 Å². The molecular formula is C14H14O4. The van der Waals surface area contributed by atoms with Crippen LogP contribution in [-0.2, 0) is 0 Å². The minimum atomic E-state index is -0.0778. The Morgan fingerprint density at radius 2 is 1.50 bits per heavy atom. The summed E-state index contributed by atoms with van der Waals surface area (Å²) in [6.07, 6.45) is 0. The van der Waals surface area contributed by atoms with Gasteiger partial charge in [0.15, 0.2) is 11.5 Å². The number of ether oxygens (including phenoxy) is 2. The molecule has 0 aliphatic rings. The Hall–Kier alpha value is -2.36. The summed E-state index contributed by atoms with van der Waals surface area (Å²) in [7, 11) is 2.81. The maximum atomic E-state index is 10.2. The van der Waals surface area contributed by atoms with E-state index in [4.69, 9.17) is 9.47 Å². The van der Waals surface area contributed by atoms with Crippen LogP contribution in [0.15, 0.2) is 36.4 Å². The fourth-order valence-electron chi connectivity index (χ4n) is 1.84. The summed E-state index contributed by atoms with van der Waals surface area (Å²) in [6, 6.07) is 10.7. The average molecular weight is 246 g/mol. The molecule has 0 atom stereocenters. The number of benzene rings is 2. The van der Waals surface area contributed by atoms with Gasteiger partial charge in [0.25, 0.3) is 0 Å². The zero-order valence-corrected chi connectivity index (χ0v) is 10.2. The lowest BCUT2D eigenvalue weighted by Gasteiger charge is -2.14. The van der Waals surface area contributed by atoms with E-state index in [1.165, 1.54) is 20.3 Å². The van der Waals surface area contributed by atoms with Crippen LogP contribution in [0.5, 0.6) is 23.0 Å². The summed E-state index contributed by atoms with van der Waals surface area (Å²) in [4.78, 5) is 0. The van der Waals surface area contributed by atoms with Gasteiger partial charge in [0.1, 0.15) is 0 Å². The maximum Gasteiger partial charge on any atom is 0.207 e. The topological polar surface area (TPSA) is 58.9 Å². The first-order valence-corrected chi connectivity index (χ1v) is 5.41. The number of rotatable bonds is 3. The van der Waals surface area contributed by atoms with Crippen molar-refractivity contribution in [1.82, 2.24) is 0 Å². The molecule has 0 saturated carbocycles. The summed E-state index contributed by atoms with van der Waals surface area (Å²) in [6.45, 7) is 0. The fourth-order valence-corrected chi connectivity index (χ4v) is 1.84. The Bertz CT molecular complexity index is 549. The molecule has 2 N–H and O–H groups in total. The molecule has 0 aliphatic carbocycles. The highest BCUT2D eigenvalue weighted by Crippen LogP contribution is 2.48. The van der Waals surface area contributed by atoms with Crippen molar-refractivity contribution in [2.75, 3.05) is 14.2 Å². The van der Waals surface area contributed by atoms with E-state index in [0.29, 0.717) is 5.56 Å². The Morgan fingerprint density at radius 3 is 2.06 bits per heavy atom. The van der Waals surface area contributed by atoms with Gasteiger partial charge in [-0.1, -0.05) is 30.3 Å². The van der Waals surface area contributed by atoms with Crippen LogP contribution < -0.4 is 9.47 Å². The van der Waals surface area contributed by atoms with Gasteiger partial charge in [-0.2, -0.15) is 0 Å². The highest BCUT2D eigenvalue weighted by molar-refractivity contribution is 5.78. The van der Waals surface area contributed by atoms with Gasteiger partial charge < -0.3 is 19.7 Å². The van der Waals surface area contributed by atoms with Gasteiger partial charge in [0.2, 0.25) is 11.5 Å². The second-order valence-corrected chi connectivity index (χ2v) is 3.72. The van der Waals surface area contributed by atoms with E-state index in [9.17, 15) is 10.2 Å². The molecule has 0 saturated heterocycles. The van der Waals surface area contributed by atoms with Crippen LogP contribution in [0.4, 0.5) is 0 Å². The second-order valence-electron chi connectivity index (χ2n) is 3.72. The van der Waals surface area contributed by atoms with E-state index in [1.807, 2.05) is 30.3 Å². The molecule has 0 fully saturated rings. The van der Waals surface area contributed by atoms with Crippen LogP contribution >= 0.6 is 0 Å². The molecule has 18 heavy (non-hydrogen) atoms. The summed E-state index contributed by atoms with van der Waals surface area (Å²) in [5.41, 5.74) is 1.28. The predicted molar refractivity (Wildman–Crippen MR) is 68.3 cm³/mol. The molecule has 2 aromatic rings. The van der Waals surface area contributed by atoms with Crippen LogP contribution in [-0.4, -0.2) is 24.4 Å². The molecule has 4 nitrogen and oxygen atoms in total. The number of hydrogen-bond donors (Lipinski definition) is 2. The molecule has 94 valence electrons. The van der Waals surface area contributed by atoms with Crippen LogP contribution in [0.25, 0.3) is 11.1 Å². The van der Waals surface area contributed by atoms with Crippen molar-refractivity contribution < 1.29 is 19.7 Å². The smallest absolute Gasteiger partial charge is 0.207 e. The molecule has 0 heterocycles. The third kappa shape index (κ3) is 1.93. The van der Waals surface area contributed by atoms with Gasteiger partial charge in [0.05, 0.1) is 14.2 Å². The summed E-state index contributed by atoms with van der Waals surface area (Å²) in [5, 5.41) is 20.0. The fraction of sp³-hybridized carbons (Fsp3) is 0.143. The number of phenolic OH excluding ortho intramolecular Hbond substituents is 2. The lowest BCUT2D eigenvalue weighted by atomic mass is 10.0. The van der Waals surface area contributed by atoms with Crippen LogP contribution in [0.3, 0.4) is 0 Å². The predicted octanol–water partition coefficient (Wildman–Crippen LogP) is 2.78. The molecule has 0 unspecified atom stereocenters. The molecule has 0 radical (unpaired) electrons. The first kappa shape index (κ1) is 12.1. The quantitative estimate of drug-likeness (QED) is 0.817. The van der Waals surface area contributed by atoms with Crippen molar-refractivity contribution in [2.45, 2.75) is 0 Å². The number of methoxy groups -OCH3 is 2. The minimum absolute atomic E-state index is 0.0571. The lowest BCUT2D eigenvalue weighted by molar-refractivity contribution is 0.317. The molecule has 4 heteroatoms. The van der Waals surface area contributed by atoms with Crippen LogP contribution in [0.2, 0.25) is 0 Å². The van der Waals surface area contributed by atoms with E-state index >= 15 is 0 Å². The van der Waals surface area contributed by atoms with E-state index in [2.05, 4.69) is 0 Å². The zero-order chi connectivity index (χ0) is 13.1. The summed E-state index contributed by atoms with van der Waals surface area (Å²) < 4.78 is 10.1. The normalized spacial score (nSPS) is 10.1. The zero-order valence-electron chi connectivity index (χ0n) is 10.2. The maximum absolute atomic E-state index is 10.2. The largest absolute Gasteiger partial charge is 0.504 e. The van der Waals surface area contributed by atoms with Crippen molar-refractivity contribution >= 4 is 0 Å². The Kier molecular flexibility index (Phi) is 3.28. The minimum Gasteiger partial charge on any atom is -0.504 e. The highest BCUT2D eigenvalue weighted by atomic mass is 16.5.